The van der Waals surface area contributed by atoms with Crippen LogP contribution in [0.25, 0.3) is 0 Å². The average Bonchev–Trinajstić information content (AvgIpc) is 2.09. The molecule has 2 N–H and O–H groups in total. The Hall–Kier alpha value is -0.870. The Morgan fingerprint density at radius 1 is 1.21 bits per heavy atom. The highest BCUT2D eigenvalue weighted by molar-refractivity contribution is 7.92. The molecule has 0 aliphatic carbocycles. The monoisotopic (exact) mass is 213 g/mol. The molecule has 0 saturated carbocycles. The predicted molar refractivity (Wildman–Crippen MR) is 56.8 cm³/mol. The molecule has 0 aliphatic heterocycles. The SMILES string of the molecule is Cc1ccc(S(=O)(=O)C(C)N)cc1C. The van der Waals surface area contributed by atoms with Crippen LogP contribution in [0, 0.1) is 13.8 Å². The van der Waals surface area contributed by atoms with E-state index < -0.39 is 15.2 Å². The second-order valence-electron chi connectivity index (χ2n) is 3.50. The van der Waals surface area contributed by atoms with E-state index in [0.717, 1.165) is 11.1 Å². The van der Waals surface area contributed by atoms with Gasteiger partial charge in [0.05, 0.1) is 4.90 Å². The smallest absolute Gasteiger partial charge is 0.193 e. The molecule has 1 atom stereocenters. The first-order chi connectivity index (χ1) is 6.35. The number of benzene rings is 1. The van der Waals surface area contributed by atoms with E-state index in [1.807, 2.05) is 13.8 Å². The van der Waals surface area contributed by atoms with Crippen molar-refractivity contribution in [3.63, 3.8) is 0 Å². The van der Waals surface area contributed by atoms with Crippen molar-refractivity contribution in [3.8, 4) is 0 Å². The first-order valence-electron chi connectivity index (χ1n) is 4.42. The lowest BCUT2D eigenvalue weighted by molar-refractivity contribution is 0.585. The lowest BCUT2D eigenvalue weighted by atomic mass is 10.1. The highest BCUT2D eigenvalue weighted by Crippen LogP contribution is 2.17. The number of aryl methyl sites for hydroxylation is 2. The summed E-state index contributed by atoms with van der Waals surface area (Å²) in [5, 5.41) is -0.857. The van der Waals surface area contributed by atoms with Crippen molar-refractivity contribution < 1.29 is 8.42 Å². The van der Waals surface area contributed by atoms with Crippen LogP contribution < -0.4 is 5.73 Å². The van der Waals surface area contributed by atoms with Crippen LogP contribution in [0.15, 0.2) is 23.1 Å². The Morgan fingerprint density at radius 2 is 1.79 bits per heavy atom. The quantitative estimate of drug-likeness (QED) is 0.807. The Labute approximate surface area is 84.9 Å². The molecule has 1 aromatic carbocycles. The van der Waals surface area contributed by atoms with Gasteiger partial charge in [-0.1, -0.05) is 6.07 Å². The summed E-state index contributed by atoms with van der Waals surface area (Å²) >= 11 is 0. The van der Waals surface area contributed by atoms with E-state index in [0.29, 0.717) is 4.90 Å². The molecule has 14 heavy (non-hydrogen) atoms. The number of sulfone groups is 1. The number of nitrogens with two attached hydrogens (primary N) is 1. The van der Waals surface area contributed by atoms with Crippen LogP contribution in [-0.2, 0) is 9.84 Å². The summed E-state index contributed by atoms with van der Waals surface area (Å²) in [5.74, 6) is 0. The third-order valence-corrected chi connectivity index (χ3v) is 4.19. The Bertz CT molecular complexity index is 435. The molecular formula is C10H15NO2S. The molecule has 0 aliphatic rings. The number of hydrogen-bond acceptors (Lipinski definition) is 3. The van der Waals surface area contributed by atoms with E-state index in [2.05, 4.69) is 0 Å². The van der Waals surface area contributed by atoms with E-state index in [4.69, 9.17) is 5.73 Å². The topological polar surface area (TPSA) is 60.2 Å². The minimum atomic E-state index is -3.34. The van der Waals surface area contributed by atoms with Crippen molar-refractivity contribution in [1.82, 2.24) is 0 Å². The first-order valence-corrected chi connectivity index (χ1v) is 5.97. The van der Waals surface area contributed by atoms with Crippen LogP contribution in [0.1, 0.15) is 18.1 Å². The molecule has 3 nitrogen and oxygen atoms in total. The van der Waals surface area contributed by atoms with Gasteiger partial charge < -0.3 is 5.73 Å². The van der Waals surface area contributed by atoms with Crippen molar-refractivity contribution in [3.05, 3.63) is 29.3 Å². The molecule has 0 amide bonds. The first kappa shape index (κ1) is 11.2. The van der Waals surface area contributed by atoms with Gasteiger partial charge in [0.25, 0.3) is 0 Å². The lowest BCUT2D eigenvalue weighted by Crippen LogP contribution is -2.26. The van der Waals surface area contributed by atoms with E-state index in [1.54, 1.807) is 18.2 Å². The summed E-state index contributed by atoms with van der Waals surface area (Å²) in [6, 6.07) is 5.06. The zero-order chi connectivity index (χ0) is 10.9. The van der Waals surface area contributed by atoms with Gasteiger partial charge in [0.2, 0.25) is 0 Å². The maximum Gasteiger partial charge on any atom is 0.193 e. The number of rotatable bonds is 2. The second-order valence-corrected chi connectivity index (χ2v) is 5.80. The molecule has 1 aromatic rings. The van der Waals surface area contributed by atoms with E-state index in [1.165, 1.54) is 6.92 Å². The Balaban J connectivity index is 3.29. The molecule has 1 unspecified atom stereocenters. The van der Waals surface area contributed by atoms with Crippen molar-refractivity contribution in [2.75, 3.05) is 0 Å². The van der Waals surface area contributed by atoms with Gasteiger partial charge in [0.15, 0.2) is 9.84 Å². The largest absolute Gasteiger partial charge is 0.315 e. The van der Waals surface area contributed by atoms with Crippen LogP contribution in [0.2, 0.25) is 0 Å². The van der Waals surface area contributed by atoms with Gasteiger partial charge in [-0.2, -0.15) is 0 Å². The van der Waals surface area contributed by atoms with Crippen molar-refractivity contribution in [1.29, 1.82) is 0 Å². The molecule has 0 radical (unpaired) electrons. The molecular weight excluding hydrogens is 198 g/mol. The minimum Gasteiger partial charge on any atom is -0.315 e. The summed E-state index contributed by atoms with van der Waals surface area (Å²) in [4.78, 5) is 0.301. The summed E-state index contributed by atoms with van der Waals surface area (Å²) in [5.41, 5.74) is 7.44. The van der Waals surface area contributed by atoms with Gasteiger partial charge in [-0.15, -0.1) is 0 Å². The fraction of sp³-hybridized carbons (Fsp3) is 0.400. The van der Waals surface area contributed by atoms with Gasteiger partial charge in [0.1, 0.15) is 5.37 Å². The van der Waals surface area contributed by atoms with Crippen LogP contribution >= 0.6 is 0 Å². The van der Waals surface area contributed by atoms with Crippen LogP contribution in [0.3, 0.4) is 0 Å². The fourth-order valence-electron chi connectivity index (χ4n) is 1.11. The highest BCUT2D eigenvalue weighted by Gasteiger charge is 2.19. The summed E-state index contributed by atoms with van der Waals surface area (Å²) in [7, 11) is -3.34. The van der Waals surface area contributed by atoms with Crippen LogP contribution in [0.4, 0.5) is 0 Å². The highest BCUT2D eigenvalue weighted by atomic mass is 32.2. The molecule has 1 rings (SSSR count). The summed E-state index contributed by atoms with van der Waals surface area (Å²) < 4.78 is 23.3. The average molecular weight is 213 g/mol. The maximum atomic E-state index is 11.7. The molecule has 0 fully saturated rings. The zero-order valence-electron chi connectivity index (χ0n) is 8.61. The lowest BCUT2D eigenvalue weighted by Gasteiger charge is -2.09. The minimum absolute atomic E-state index is 0.301. The van der Waals surface area contributed by atoms with Gasteiger partial charge >= 0.3 is 0 Å². The normalized spacial score (nSPS) is 14.0. The third kappa shape index (κ3) is 1.96. The molecule has 0 saturated heterocycles. The van der Waals surface area contributed by atoms with Crippen molar-refractivity contribution in [2.24, 2.45) is 5.73 Å². The Kier molecular flexibility index (Phi) is 2.97. The predicted octanol–water partition coefficient (Wildman–Crippen LogP) is 1.38. The van der Waals surface area contributed by atoms with Gasteiger partial charge in [0, 0.05) is 0 Å². The van der Waals surface area contributed by atoms with Gasteiger partial charge in [-0.3, -0.25) is 0 Å². The summed E-state index contributed by atoms with van der Waals surface area (Å²) in [6.45, 7) is 5.30. The van der Waals surface area contributed by atoms with Crippen LogP contribution in [-0.4, -0.2) is 13.8 Å². The molecule has 0 spiro atoms. The standard InChI is InChI=1S/C10H15NO2S/c1-7-4-5-10(6-8(7)2)14(12,13)9(3)11/h4-6,9H,11H2,1-3H3. The Morgan fingerprint density at radius 3 is 2.21 bits per heavy atom. The van der Waals surface area contributed by atoms with E-state index >= 15 is 0 Å². The second kappa shape index (κ2) is 3.71. The molecule has 0 heterocycles. The molecule has 78 valence electrons. The van der Waals surface area contributed by atoms with Crippen LogP contribution in [0.5, 0.6) is 0 Å². The fourth-order valence-corrected chi connectivity index (χ4v) is 2.13. The molecule has 0 aromatic heterocycles. The zero-order valence-corrected chi connectivity index (χ0v) is 9.43. The maximum absolute atomic E-state index is 11.7. The van der Waals surface area contributed by atoms with Gasteiger partial charge in [-0.05, 0) is 44.0 Å². The number of hydrogen-bond donors (Lipinski definition) is 1. The van der Waals surface area contributed by atoms with E-state index in [9.17, 15) is 8.42 Å². The van der Waals surface area contributed by atoms with Crippen molar-refractivity contribution in [2.45, 2.75) is 31.0 Å². The van der Waals surface area contributed by atoms with E-state index in [-0.39, 0.29) is 0 Å². The third-order valence-electron chi connectivity index (χ3n) is 2.30. The molecule has 4 heteroatoms. The van der Waals surface area contributed by atoms with Gasteiger partial charge in [-0.25, -0.2) is 8.42 Å². The molecule has 0 bridgehead atoms. The summed E-state index contributed by atoms with van der Waals surface area (Å²) in [6.07, 6.45) is 0. The van der Waals surface area contributed by atoms with Crippen molar-refractivity contribution >= 4 is 9.84 Å².